The highest BCUT2D eigenvalue weighted by Gasteiger charge is 2.43. The molecule has 1 aromatic carbocycles. The van der Waals surface area contributed by atoms with Crippen molar-refractivity contribution in [1.29, 1.82) is 0 Å². The van der Waals surface area contributed by atoms with E-state index in [9.17, 15) is 23.7 Å². The standard InChI is InChI=1S/C12H12F2N2O3/c1-15-11(17)5-4-10(16(18)19)12(15)8-6-7(13)2-3-9(8)14/h2-3,6,10,12H,4-5H2,1H3/t10-,12+/m1/s1. The molecule has 1 aliphatic heterocycles. The van der Waals surface area contributed by atoms with Crippen LogP contribution in [0, 0.1) is 21.7 Å². The van der Waals surface area contributed by atoms with Crippen LogP contribution in [0.3, 0.4) is 0 Å². The van der Waals surface area contributed by atoms with Gasteiger partial charge in [0.1, 0.15) is 17.7 Å². The summed E-state index contributed by atoms with van der Waals surface area (Å²) in [5, 5.41) is 11.0. The molecule has 1 heterocycles. The fourth-order valence-electron chi connectivity index (χ4n) is 2.40. The van der Waals surface area contributed by atoms with Gasteiger partial charge in [-0.3, -0.25) is 14.9 Å². The lowest BCUT2D eigenvalue weighted by atomic mass is 9.90. The molecule has 0 aromatic heterocycles. The van der Waals surface area contributed by atoms with Gasteiger partial charge >= 0.3 is 0 Å². The number of likely N-dealkylation sites (N-methyl/N-ethyl adjacent to an activating group) is 1. The topological polar surface area (TPSA) is 63.5 Å². The zero-order chi connectivity index (χ0) is 14.2. The van der Waals surface area contributed by atoms with E-state index in [1.807, 2.05) is 0 Å². The van der Waals surface area contributed by atoms with Crippen LogP contribution in [-0.2, 0) is 4.79 Å². The summed E-state index contributed by atoms with van der Waals surface area (Å²) < 4.78 is 27.0. The van der Waals surface area contributed by atoms with Gasteiger partial charge in [0.15, 0.2) is 0 Å². The number of nitrogens with zero attached hydrogens (tertiary/aromatic N) is 2. The van der Waals surface area contributed by atoms with Crippen LogP contribution in [0.5, 0.6) is 0 Å². The molecular weight excluding hydrogens is 258 g/mol. The van der Waals surface area contributed by atoms with Gasteiger partial charge in [0.2, 0.25) is 11.9 Å². The van der Waals surface area contributed by atoms with Crippen LogP contribution in [0.1, 0.15) is 24.4 Å². The van der Waals surface area contributed by atoms with Crippen molar-refractivity contribution in [2.24, 2.45) is 0 Å². The molecule has 2 rings (SSSR count). The summed E-state index contributed by atoms with van der Waals surface area (Å²) in [5.41, 5.74) is -0.155. The number of piperidine rings is 1. The Bertz CT molecular complexity index is 536. The van der Waals surface area contributed by atoms with Crippen LogP contribution >= 0.6 is 0 Å². The van der Waals surface area contributed by atoms with E-state index in [2.05, 4.69) is 0 Å². The van der Waals surface area contributed by atoms with Gasteiger partial charge in [-0.15, -0.1) is 0 Å². The highest BCUT2D eigenvalue weighted by atomic mass is 19.1. The number of likely N-dealkylation sites (tertiary alicyclic amines) is 1. The Labute approximate surface area is 108 Å². The minimum atomic E-state index is -1.13. The van der Waals surface area contributed by atoms with Crippen molar-refractivity contribution < 1.29 is 18.5 Å². The summed E-state index contributed by atoms with van der Waals surface area (Å²) in [7, 11) is 1.37. The highest BCUT2D eigenvalue weighted by Crippen LogP contribution is 2.34. The molecule has 0 spiro atoms. The predicted octanol–water partition coefficient (Wildman–Crippen LogP) is 1.90. The third-order valence-electron chi connectivity index (χ3n) is 3.38. The maximum atomic E-state index is 13.8. The number of halogens is 2. The average molecular weight is 270 g/mol. The molecule has 0 saturated carbocycles. The second-order valence-corrected chi connectivity index (χ2v) is 4.51. The fraction of sp³-hybridized carbons (Fsp3) is 0.417. The molecule has 0 N–H and O–H groups in total. The van der Waals surface area contributed by atoms with Crippen LogP contribution in [0.15, 0.2) is 18.2 Å². The number of hydrogen-bond acceptors (Lipinski definition) is 3. The second-order valence-electron chi connectivity index (χ2n) is 4.51. The lowest BCUT2D eigenvalue weighted by molar-refractivity contribution is -0.533. The zero-order valence-corrected chi connectivity index (χ0v) is 10.2. The number of amides is 1. The van der Waals surface area contributed by atoms with Gasteiger partial charge < -0.3 is 4.90 Å². The first-order valence-corrected chi connectivity index (χ1v) is 5.76. The molecule has 0 aliphatic carbocycles. The monoisotopic (exact) mass is 270 g/mol. The maximum Gasteiger partial charge on any atom is 0.237 e. The number of hydrogen-bond donors (Lipinski definition) is 0. The molecule has 1 fully saturated rings. The van der Waals surface area contributed by atoms with Crippen molar-refractivity contribution in [1.82, 2.24) is 4.90 Å². The third kappa shape index (κ3) is 2.40. The number of benzene rings is 1. The smallest absolute Gasteiger partial charge is 0.237 e. The van der Waals surface area contributed by atoms with Gasteiger partial charge in [-0.1, -0.05) is 0 Å². The first-order valence-electron chi connectivity index (χ1n) is 5.76. The van der Waals surface area contributed by atoms with Crippen molar-refractivity contribution in [2.45, 2.75) is 24.9 Å². The van der Waals surface area contributed by atoms with Crippen molar-refractivity contribution in [2.75, 3.05) is 7.05 Å². The van der Waals surface area contributed by atoms with Crippen LogP contribution in [0.25, 0.3) is 0 Å². The minimum Gasteiger partial charge on any atom is -0.332 e. The van der Waals surface area contributed by atoms with E-state index in [1.54, 1.807) is 0 Å². The number of rotatable bonds is 2. The first-order chi connectivity index (χ1) is 8.91. The number of carbonyl (C=O) groups excluding carboxylic acids is 1. The average Bonchev–Trinajstić information content (AvgIpc) is 2.35. The summed E-state index contributed by atoms with van der Waals surface area (Å²) in [6, 6.07) is 0.552. The Morgan fingerprint density at radius 1 is 1.42 bits per heavy atom. The predicted molar refractivity (Wildman–Crippen MR) is 61.9 cm³/mol. The summed E-state index contributed by atoms with van der Waals surface area (Å²) in [6.45, 7) is 0. The lowest BCUT2D eigenvalue weighted by Gasteiger charge is -2.34. The molecule has 1 aliphatic rings. The SMILES string of the molecule is CN1C(=O)CC[C@@H]([N+](=O)[O-])[C@@H]1c1cc(F)ccc1F. The number of nitro groups is 1. The van der Waals surface area contributed by atoms with Gasteiger partial charge in [0.05, 0.1) is 0 Å². The minimum absolute atomic E-state index is 0.0246. The largest absolute Gasteiger partial charge is 0.332 e. The van der Waals surface area contributed by atoms with Crippen molar-refractivity contribution in [3.05, 3.63) is 45.5 Å². The molecule has 102 valence electrons. The molecule has 1 aromatic rings. The Morgan fingerprint density at radius 3 is 2.74 bits per heavy atom. The van der Waals surface area contributed by atoms with E-state index in [4.69, 9.17) is 0 Å². The summed E-state index contributed by atoms with van der Waals surface area (Å²) in [5.74, 6) is -1.75. The van der Waals surface area contributed by atoms with Crippen LogP contribution in [-0.4, -0.2) is 28.8 Å². The van der Waals surface area contributed by atoms with Crippen LogP contribution in [0.4, 0.5) is 8.78 Å². The van der Waals surface area contributed by atoms with Gasteiger partial charge in [-0.05, 0) is 18.2 Å². The van der Waals surface area contributed by atoms with Crippen LogP contribution < -0.4 is 0 Å². The van der Waals surface area contributed by atoms with Gasteiger partial charge in [-0.2, -0.15) is 0 Å². The molecule has 0 bridgehead atoms. The zero-order valence-electron chi connectivity index (χ0n) is 10.2. The Morgan fingerprint density at radius 2 is 2.11 bits per heavy atom. The van der Waals surface area contributed by atoms with Gasteiger partial charge in [-0.25, -0.2) is 8.78 Å². The van der Waals surface area contributed by atoms with E-state index in [1.165, 1.54) is 7.05 Å². The molecule has 7 heteroatoms. The third-order valence-corrected chi connectivity index (χ3v) is 3.38. The molecular formula is C12H12F2N2O3. The Hall–Kier alpha value is -2.05. The molecule has 1 amide bonds. The van der Waals surface area contributed by atoms with E-state index in [-0.39, 0.29) is 24.3 Å². The summed E-state index contributed by atoms with van der Waals surface area (Å²) in [4.78, 5) is 23.2. The lowest BCUT2D eigenvalue weighted by Crippen LogP contribution is -2.46. The van der Waals surface area contributed by atoms with Crippen molar-refractivity contribution in [3.63, 3.8) is 0 Å². The summed E-state index contributed by atoms with van der Waals surface area (Å²) >= 11 is 0. The maximum absolute atomic E-state index is 13.8. The Kier molecular flexibility index (Phi) is 3.46. The first kappa shape index (κ1) is 13.4. The highest BCUT2D eigenvalue weighted by molar-refractivity contribution is 5.77. The molecule has 1 saturated heterocycles. The summed E-state index contributed by atoms with van der Waals surface area (Å²) in [6.07, 6.45) is 0.0619. The van der Waals surface area contributed by atoms with Crippen molar-refractivity contribution >= 4 is 5.91 Å². The second kappa shape index (κ2) is 4.91. The van der Waals surface area contributed by atoms with Crippen molar-refractivity contribution in [3.8, 4) is 0 Å². The van der Waals surface area contributed by atoms with E-state index in [0.717, 1.165) is 23.1 Å². The van der Waals surface area contributed by atoms with Crippen LogP contribution in [0.2, 0.25) is 0 Å². The van der Waals surface area contributed by atoms with Gasteiger partial charge in [0, 0.05) is 30.4 Å². The molecule has 19 heavy (non-hydrogen) atoms. The molecule has 0 radical (unpaired) electrons. The van der Waals surface area contributed by atoms with E-state index in [0.29, 0.717) is 0 Å². The molecule has 2 atom stereocenters. The fourth-order valence-corrected chi connectivity index (χ4v) is 2.40. The number of carbonyl (C=O) groups is 1. The van der Waals surface area contributed by atoms with E-state index >= 15 is 0 Å². The molecule has 0 unspecified atom stereocenters. The normalized spacial score (nSPS) is 23.5. The quantitative estimate of drug-likeness (QED) is 0.609. The Balaban J connectivity index is 2.49. The molecule has 5 nitrogen and oxygen atoms in total. The van der Waals surface area contributed by atoms with E-state index < -0.39 is 28.6 Å². The van der Waals surface area contributed by atoms with Gasteiger partial charge in [0.25, 0.3) is 0 Å².